The Kier molecular flexibility index (Phi) is 4.41. The fourth-order valence-electron chi connectivity index (χ4n) is 0.994. The summed E-state index contributed by atoms with van der Waals surface area (Å²) in [5.41, 5.74) is 8.92. The molecular formula is C10H11N3O2S. The van der Waals surface area contributed by atoms with Crippen LogP contribution in [0.25, 0.3) is 0 Å². The van der Waals surface area contributed by atoms with E-state index in [0.29, 0.717) is 5.56 Å². The molecule has 5 nitrogen and oxygen atoms in total. The molecule has 0 bridgehead atoms. The number of esters is 1. The number of thiocarbonyl (C=S) groups is 1. The van der Waals surface area contributed by atoms with Gasteiger partial charge in [0.1, 0.15) is 0 Å². The van der Waals surface area contributed by atoms with E-state index in [9.17, 15) is 4.79 Å². The summed E-state index contributed by atoms with van der Waals surface area (Å²) in [6.45, 7) is 0. The molecule has 6 heteroatoms. The summed E-state index contributed by atoms with van der Waals surface area (Å²) in [6.07, 6.45) is 1.54. The van der Waals surface area contributed by atoms with Crippen molar-refractivity contribution in [3.05, 3.63) is 35.4 Å². The van der Waals surface area contributed by atoms with Crippen molar-refractivity contribution in [3.8, 4) is 0 Å². The quantitative estimate of drug-likeness (QED) is 0.349. The zero-order chi connectivity index (χ0) is 12.0. The Bertz CT molecular complexity index is 415. The average molecular weight is 237 g/mol. The second-order valence-electron chi connectivity index (χ2n) is 2.85. The Morgan fingerprint density at radius 2 is 2.12 bits per heavy atom. The van der Waals surface area contributed by atoms with Gasteiger partial charge in [-0.1, -0.05) is 12.1 Å². The minimum atomic E-state index is -0.371. The lowest BCUT2D eigenvalue weighted by molar-refractivity contribution is 0.0601. The molecule has 0 atom stereocenters. The van der Waals surface area contributed by atoms with E-state index in [1.165, 1.54) is 7.11 Å². The fraction of sp³-hybridized carbons (Fsp3) is 0.100. The third-order valence-electron chi connectivity index (χ3n) is 1.72. The Morgan fingerprint density at radius 3 is 2.62 bits per heavy atom. The van der Waals surface area contributed by atoms with Crippen LogP contribution in [-0.2, 0) is 4.74 Å². The number of nitrogens with zero attached hydrogens (tertiary/aromatic N) is 1. The zero-order valence-electron chi connectivity index (χ0n) is 8.64. The monoisotopic (exact) mass is 237 g/mol. The summed E-state index contributed by atoms with van der Waals surface area (Å²) in [4.78, 5) is 11.1. The van der Waals surface area contributed by atoms with Crippen LogP contribution in [0, 0.1) is 0 Å². The van der Waals surface area contributed by atoms with E-state index in [4.69, 9.17) is 5.73 Å². The van der Waals surface area contributed by atoms with E-state index in [-0.39, 0.29) is 11.1 Å². The number of hydrogen-bond donors (Lipinski definition) is 2. The molecular weight excluding hydrogens is 226 g/mol. The minimum absolute atomic E-state index is 0.0995. The van der Waals surface area contributed by atoms with E-state index in [1.807, 2.05) is 0 Å². The zero-order valence-corrected chi connectivity index (χ0v) is 9.45. The molecule has 0 aliphatic carbocycles. The molecule has 3 N–H and O–H groups in total. The van der Waals surface area contributed by atoms with Gasteiger partial charge in [0.2, 0.25) is 0 Å². The van der Waals surface area contributed by atoms with Gasteiger partial charge in [0.15, 0.2) is 5.11 Å². The maximum absolute atomic E-state index is 11.1. The van der Waals surface area contributed by atoms with Crippen LogP contribution in [0.1, 0.15) is 15.9 Å². The van der Waals surface area contributed by atoms with Crippen molar-refractivity contribution in [1.82, 2.24) is 5.43 Å². The highest BCUT2D eigenvalue weighted by Crippen LogP contribution is 2.03. The lowest BCUT2D eigenvalue weighted by Gasteiger charge is -1.99. The molecule has 1 aromatic carbocycles. The number of nitrogens with one attached hydrogen (secondary N) is 1. The lowest BCUT2D eigenvalue weighted by atomic mass is 10.1. The normalized spacial score (nSPS) is 10.1. The Balaban J connectivity index is 2.68. The number of methoxy groups -OCH3 is 1. The summed E-state index contributed by atoms with van der Waals surface area (Å²) in [5.74, 6) is -0.371. The van der Waals surface area contributed by atoms with Gasteiger partial charge in [-0.05, 0) is 29.9 Å². The average Bonchev–Trinajstić information content (AvgIpc) is 2.28. The predicted octanol–water partition coefficient (Wildman–Crippen LogP) is 0.640. The van der Waals surface area contributed by atoms with Gasteiger partial charge in [-0.25, -0.2) is 4.79 Å². The van der Waals surface area contributed by atoms with Gasteiger partial charge in [0.05, 0.1) is 18.9 Å². The molecule has 0 unspecified atom stereocenters. The molecule has 0 aliphatic rings. The topological polar surface area (TPSA) is 76.7 Å². The molecule has 0 fully saturated rings. The van der Waals surface area contributed by atoms with Gasteiger partial charge in [-0.3, -0.25) is 5.43 Å². The SMILES string of the molecule is COC(=O)c1ccc(C=NNC(N)=S)cc1. The Hall–Kier alpha value is -1.95. The number of hydrazone groups is 1. The van der Waals surface area contributed by atoms with Gasteiger partial charge >= 0.3 is 5.97 Å². The van der Waals surface area contributed by atoms with E-state index >= 15 is 0 Å². The van der Waals surface area contributed by atoms with Crippen LogP contribution in [0.5, 0.6) is 0 Å². The molecule has 0 amide bonds. The smallest absolute Gasteiger partial charge is 0.337 e. The fourth-order valence-corrected chi connectivity index (χ4v) is 1.05. The van der Waals surface area contributed by atoms with Crippen molar-refractivity contribution in [1.29, 1.82) is 0 Å². The van der Waals surface area contributed by atoms with Crippen molar-refractivity contribution in [2.75, 3.05) is 7.11 Å². The largest absolute Gasteiger partial charge is 0.465 e. The molecule has 0 saturated carbocycles. The summed E-state index contributed by atoms with van der Waals surface area (Å²) in [5, 5.41) is 3.88. The number of carbonyl (C=O) groups is 1. The van der Waals surface area contributed by atoms with E-state index in [2.05, 4.69) is 27.5 Å². The van der Waals surface area contributed by atoms with E-state index < -0.39 is 0 Å². The molecule has 84 valence electrons. The maximum atomic E-state index is 11.1. The third kappa shape index (κ3) is 3.66. The third-order valence-corrected chi connectivity index (χ3v) is 1.81. The molecule has 0 saturated heterocycles. The molecule has 0 aromatic heterocycles. The summed E-state index contributed by atoms with van der Waals surface area (Å²) in [6, 6.07) is 6.76. The van der Waals surface area contributed by atoms with E-state index in [0.717, 1.165) is 5.56 Å². The van der Waals surface area contributed by atoms with Gasteiger partial charge < -0.3 is 10.5 Å². The van der Waals surface area contributed by atoms with Gasteiger partial charge in [0.25, 0.3) is 0 Å². The van der Waals surface area contributed by atoms with Crippen molar-refractivity contribution in [2.45, 2.75) is 0 Å². The highest BCUT2D eigenvalue weighted by Gasteiger charge is 2.02. The van der Waals surface area contributed by atoms with Crippen LogP contribution >= 0.6 is 12.2 Å². The second kappa shape index (κ2) is 5.82. The first-order valence-corrected chi connectivity index (χ1v) is 4.81. The number of ether oxygens (including phenoxy) is 1. The first kappa shape index (κ1) is 12.1. The van der Waals surface area contributed by atoms with Crippen LogP contribution in [0.2, 0.25) is 0 Å². The molecule has 1 aromatic rings. The minimum Gasteiger partial charge on any atom is -0.465 e. The summed E-state index contributed by atoms with van der Waals surface area (Å²) in [7, 11) is 1.34. The van der Waals surface area contributed by atoms with Gasteiger partial charge in [0, 0.05) is 0 Å². The predicted molar refractivity (Wildman–Crippen MR) is 65.3 cm³/mol. The molecule has 0 spiro atoms. The summed E-state index contributed by atoms with van der Waals surface area (Å²) >= 11 is 4.57. The number of rotatable bonds is 3. The van der Waals surface area contributed by atoms with Crippen LogP contribution in [0.15, 0.2) is 29.4 Å². The summed E-state index contributed by atoms with van der Waals surface area (Å²) < 4.78 is 4.57. The number of hydrogen-bond acceptors (Lipinski definition) is 4. The maximum Gasteiger partial charge on any atom is 0.337 e. The van der Waals surface area contributed by atoms with Crippen LogP contribution < -0.4 is 11.2 Å². The highest BCUT2D eigenvalue weighted by molar-refractivity contribution is 7.80. The number of benzene rings is 1. The Morgan fingerprint density at radius 1 is 1.50 bits per heavy atom. The number of carbonyl (C=O) groups excluding carboxylic acids is 1. The Labute approximate surface area is 98.3 Å². The van der Waals surface area contributed by atoms with E-state index in [1.54, 1.807) is 30.5 Å². The molecule has 1 rings (SSSR count). The first-order chi connectivity index (χ1) is 7.63. The van der Waals surface area contributed by atoms with Crippen molar-refractivity contribution < 1.29 is 9.53 Å². The molecule has 0 aliphatic heterocycles. The van der Waals surface area contributed by atoms with Gasteiger partial charge in [-0.2, -0.15) is 5.10 Å². The van der Waals surface area contributed by atoms with Gasteiger partial charge in [-0.15, -0.1) is 0 Å². The van der Waals surface area contributed by atoms with Crippen molar-refractivity contribution in [3.63, 3.8) is 0 Å². The molecule has 0 radical (unpaired) electrons. The highest BCUT2D eigenvalue weighted by atomic mass is 32.1. The molecule has 0 heterocycles. The van der Waals surface area contributed by atoms with Crippen LogP contribution in [0.4, 0.5) is 0 Å². The van der Waals surface area contributed by atoms with Crippen molar-refractivity contribution in [2.24, 2.45) is 10.8 Å². The second-order valence-corrected chi connectivity index (χ2v) is 3.29. The number of nitrogens with two attached hydrogens (primary N) is 1. The molecule has 16 heavy (non-hydrogen) atoms. The van der Waals surface area contributed by atoms with Crippen LogP contribution in [-0.4, -0.2) is 24.4 Å². The first-order valence-electron chi connectivity index (χ1n) is 4.40. The van der Waals surface area contributed by atoms with Crippen molar-refractivity contribution >= 4 is 29.5 Å². The lowest BCUT2D eigenvalue weighted by Crippen LogP contribution is -2.23. The standard InChI is InChI=1S/C10H11N3O2S/c1-15-9(14)8-4-2-7(3-5-8)6-12-13-10(11)16/h2-6H,1H3,(H3,11,13,16). The van der Waals surface area contributed by atoms with Crippen LogP contribution in [0.3, 0.4) is 0 Å².